The van der Waals surface area contributed by atoms with Crippen LogP contribution < -0.4 is 9.64 Å². The Morgan fingerprint density at radius 3 is 2.45 bits per heavy atom. The monoisotopic (exact) mass is 685 g/mol. The van der Waals surface area contributed by atoms with Crippen molar-refractivity contribution in [1.29, 1.82) is 0 Å². The van der Waals surface area contributed by atoms with Gasteiger partial charge in [-0.05, 0) is 62.8 Å². The number of phenols is 1. The molecule has 2 heterocycles. The van der Waals surface area contributed by atoms with E-state index in [9.17, 15) is 5.11 Å². The first-order valence-corrected chi connectivity index (χ1v) is 13.2. The third kappa shape index (κ3) is 5.09. The van der Waals surface area contributed by atoms with Crippen molar-refractivity contribution in [3.8, 4) is 17.4 Å². The second-order valence-electron chi connectivity index (χ2n) is 10.5. The van der Waals surface area contributed by atoms with Crippen LogP contribution in [-0.4, -0.2) is 28.5 Å². The van der Waals surface area contributed by atoms with Crippen LogP contribution in [0.25, 0.3) is 10.9 Å². The molecule has 1 aromatic heterocycles. The molecule has 6 heteroatoms. The summed E-state index contributed by atoms with van der Waals surface area (Å²) in [4.78, 5) is 12.2. The van der Waals surface area contributed by atoms with Gasteiger partial charge in [0.15, 0.2) is 0 Å². The Labute approximate surface area is 238 Å². The van der Waals surface area contributed by atoms with Crippen LogP contribution >= 0.6 is 0 Å². The predicted octanol–water partition coefficient (Wildman–Crippen LogP) is 7.28. The molecule has 0 radical (unpaired) electrons. The quantitative estimate of drug-likeness (QED) is 0.225. The summed E-state index contributed by atoms with van der Waals surface area (Å²) < 4.78 is 6.12. The molecule has 0 unspecified atom stereocenters. The molecule has 1 N–H and O–H groups in total. The Balaban J connectivity index is 0.00000294. The molecule has 0 bridgehead atoms. The molecule has 38 heavy (non-hydrogen) atoms. The zero-order chi connectivity index (χ0) is 25.5. The number of aromatic hydroxyl groups is 1. The molecule has 1 aliphatic heterocycles. The van der Waals surface area contributed by atoms with E-state index in [0.717, 1.165) is 23.3 Å². The van der Waals surface area contributed by atoms with Crippen LogP contribution in [0.4, 0.5) is 5.69 Å². The number of fused-ring (bicyclic) bond motifs is 1. The van der Waals surface area contributed by atoms with E-state index >= 15 is 0 Å². The SMILES string of the molecule is Cc1cc(C)c(N2C[C@H](C3CCCC3)N=C2c2[c-]c(Oc3ccc4cccc(O)c4n3)ccc2)c(C)c1.[Pt]. The minimum absolute atomic E-state index is 0. The van der Waals surface area contributed by atoms with Crippen molar-refractivity contribution in [3.63, 3.8) is 0 Å². The first-order valence-electron chi connectivity index (χ1n) is 13.2. The largest absolute Gasteiger partial charge is 0.506 e. The summed E-state index contributed by atoms with van der Waals surface area (Å²) in [6, 6.07) is 23.3. The van der Waals surface area contributed by atoms with E-state index < -0.39 is 0 Å². The third-order valence-electron chi connectivity index (χ3n) is 7.66. The molecule has 0 spiro atoms. The number of rotatable bonds is 5. The number of benzene rings is 3. The topological polar surface area (TPSA) is 58.0 Å². The first kappa shape index (κ1) is 26.4. The second-order valence-corrected chi connectivity index (χ2v) is 10.5. The number of hydrogen-bond donors (Lipinski definition) is 1. The van der Waals surface area contributed by atoms with Crippen LogP contribution in [0.2, 0.25) is 0 Å². The standard InChI is InChI=1S/C32H32N3O2.Pt/c1-20-16-21(2)31(22(3)17-20)35-19-27(23-8-4-5-9-23)33-32(35)25-11-6-12-26(18-25)37-29-15-14-24-10-7-13-28(36)30(24)34-29;/h6-7,10-17,23,27,36H,4-5,8-9,19H2,1-3H3;/q-1;/t27-;/m1./s1. The number of hydrogen-bond acceptors (Lipinski definition) is 5. The van der Waals surface area contributed by atoms with Gasteiger partial charge in [0.25, 0.3) is 0 Å². The Kier molecular flexibility index (Phi) is 7.58. The van der Waals surface area contributed by atoms with Gasteiger partial charge in [-0.25, -0.2) is 4.98 Å². The Morgan fingerprint density at radius 1 is 0.947 bits per heavy atom. The van der Waals surface area contributed by atoms with E-state index in [4.69, 9.17) is 9.73 Å². The fourth-order valence-corrected chi connectivity index (χ4v) is 6.07. The van der Waals surface area contributed by atoms with Crippen molar-refractivity contribution >= 4 is 22.4 Å². The molecule has 2 aliphatic rings. The number of aliphatic imine (C=N–C) groups is 1. The van der Waals surface area contributed by atoms with E-state index in [0.29, 0.717) is 29.1 Å². The summed E-state index contributed by atoms with van der Waals surface area (Å²) in [5, 5.41) is 11.1. The van der Waals surface area contributed by atoms with Gasteiger partial charge in [-0.15, -0.1) is 23.8 Å². The van der Waals surface area contributed by atoms with Crippen molar-refractivity contribution < 1.29 is 30.9 Å². The fourth-order valence-electron chi connectivity index (χ4n) is 6.07. The number of para-hydroxylation sites is 1. The van der Waals surface area contributed by atoms with Gasteiger partial charge in [-0.3, -0.25) is 0 Å². The second kappa shape index (κ2) is 10.9. The van der Waals surface area contributed by atoms with Crippen molar-refractivity contribution in [3.05, 3.63) is 89.0 Å². The molecule has 6 rings (SSSR count). The Bertz CT molecular complexity index is 1490. The maximum atomic E-state index is 10.2. The van der Waals surface area contributed by atoms with Gasteiger partial charge in [-0.1, -0.05) is 48.7 Å². The zero-order valence-corrected chi connectivity index (χ0v) is 24.2. The van der Waals surface area contributed by atoms with Gasteiger partial charge in [0, 0.05) is 50.5 Å². The zero-order valence-electron chi connectivity index (χ0n) is 22.0. The molecular formula is C32H32N3O2Pt-. The van der Waals surface area contributed by atoms with Crippen LogP contribution in [0, 0.1) is 32.8 Å². The molecule has 1 aliphatic carbocycles. The number of amidine groups is 1. The van der Waals surface area contributed by atoms with Gasteiger partial charge in [0.1, 0.15) is 11.3 Å². The van der Waals surface area contributed by atoms with E-state index in [1.807, 2.05) is 36.4 Å². The summed E-state index contributed by atoms with van der Waals surface area (Å²) >= 11 is 0. The molecule has 3 aromatic carbocycles. The van der Waals surface area contributed by atoms with Crippen LogP contribution in [0.3, 0.4) is 0 Å². The summed E-state index contributed by atoms with van der Waals surface area (Å²) in [6.45, 7) is 7.44. The van der Waals surface area contributed by atoms with E-state index in [1.54, 1.807) is 6.07 Å². The van der Waals surface area contributed by atoms with Gasteiger partial charge < -0.3 is 19.7 Å². The van der Waals surface area contributed by atoms with Crippen molar-refractivity contribution in [2.24, 2.45) is 10.9 Å². The van der Waals surface area contributed by atoms with Crippen LogP contribution in [0.1, 0.15) is 47.9 Å². The maximum absolute atomic E-state index is 10.2. The number of aromatic nitrogens is 1. The molecule has 4 aromatic rings. The van der Waals surface area contributed by atoms with Gasteiger partial charge >= 0.3 is 0 Å². The van der Waals surface area contributed by atoms with E-state index in [1.165, 1.54) is 48.1 Å². The summed E-state index contributed by atoms with van der Waals surface area (Å²) in [5.74, 6) is 2.73. The predicted molar refractivity (Wildman–Crippen MR) is 149 cm³/mol. The Morgan fingerprint density at radius 2 is 1.68 bits per heavy atom. The molecule has 0 saturated heterocycles. The minimum atomic E-state index is 0. The summed E-state index contributed by atoms with van der Waals surface area (Å²) in [6.07, 6.45) is 5.12. The molecule has 0 amide bonds. The Hall–Kier alpha value is -3.17. The molecule has 198 valence electrons. The molecule has 5 nitrogen and oxygen atoms in total. The number of pyridine rings is 1. The number of nitrogens with zero attached hydrogens (tertiary/aromatic N) is 3. The third-order valence-corrected chi connectivity index (χ3v) is 7.66. The minimum Gasteiger partial charge on any atom is -0.506 e. The molecular weight excluding hydrogens is 653 g/mol. The maximum Gasteiger partial charge on any atom is 0.217 e. The van der Waals surface area contributed by atoms with Gasteiger partial charge in [0.2, 0.25) is 5.88 Å². The average Bonchev–Trinajstić information content (AvgIpc) is 3.55. The molecule has 1 saturated carbocycles. The average molecular weight is 686 g/mol. The smallest absolute Gasteiger partial charge is 0.217 e. The normalized spacial score (nSPS) is 17.5. The van der Waals surface area contributed by atoms with Crippen molar-refractivity contribution in [2.45, 2.75) is 52.5 Å². The first-order chi connectivity index (χ1) is 18.0. The van der Waals surface area contributed by atoms with Crippen LogP contribution in [-0.2, 0) is 21.1 Å². The van der Waals surface area contributed by atoms with Crippen molar-refractivity contribution in [1.82, 2.24) is 4.98 Å². The van der Waals surface area contributed by atoms with E-state index in [2.05, 4.69) is 54.9 Å². The van der Waals surface area contributed by atoms with Crippen LogP contribution in [0.15, 0.2) is 65.7 Å². The molecule has 1 atom stereocenters. The van der Waals surface area contributed by atoms with Gasteiger partial charge in [-0.2, -0.15) is 0 Å². The number of phenolic OH excluding ortho intramolecular Hbond substituents is 1. The number of aryl methyl sites for hydroxylation is 3. The fraction of sp³-hybridized carbons (Fsp3) is 0.312. The van der Waals surface area contributed by atoms with Crippen LogP contribution in [0.5, 0.6) is 17.4 Å². The van der Waals surface area contributed by atoms with Crippen molar-refractivity contribution in [2.75, 3.05) is 11.4 Å². The number of ether oxygens (including phenoxy) is 1. The summed E-state index contributed by atoms with van der Waals surface area (Å²) in [7, 11) is 0. The van der Waals surface area contributed by atoms with E-state index in [-0.39, 0.29) is 26.8 Å². The summed E-state index contributed by atoms with van der Waals surface area (Å²) in [5.41, 5.74) is 6.50. The molecule has 1 fully saturated rings. The van der Waals surface area contributed by atoms with Gasteiger partial charge in [0.05, 0.1) is 11.9 Å². The number of anilines is 1.